The van der Waals surface area contributed by atoms with Gasteiger partial charge in [-0.2, -0.15) is 5.26 Å². The van der Waals surface area contributed by atoms with Crippen molar-refractivity contribution in [3.05, 3.63) is 83.4 Å². The van der Waals surface area contributed by atoms with Crippen LogP contribution in [-0.2, 0) is 6.54 Å². The van der Waals surface area contributed by atoms with Gasteiger partial charge in [0.15, 0.2) is 0 Å². The first-order valence-electron chi connectivity index (χ1n) is 7.78. The van der Waals surface area contributed by atoms with Crippen molar-refractivity contribution in [2.45, 2.75) is 6.54 Å². The lowest BCUT2D eigenvalue weighted by atomic mass is 10.2. The molecule has 2 N–H and O–H groups in total. The lowest BCUT2D eigenvalue weighted by Crippen LogP contribution is -2.16. The van der Waals surface area contributed by atoms with E-state index in [2.05, 4.69) is 20.6 Å². The zero-order valence-corrected chi connectivity index (χ0v) is 13.6. The standard InChI is InChI=1S/C19H14FN5O/c20-15-7-3-1-6-14(15)12-23-19-22-10-9-17(25-19)18(26)24-16-8-4-2-5-13(16)11-21/h1-10H,12H2,(H,24,26)(H,22,23,25). The lowest BCUT2D eigenvalue weighted by Gasteiger charge is -2.08. The number of benzene rings is 2. The SMILES string of the molecule is N#Cc1ccccc1NC(=O)c1ccnc(NCc2ccccc2F)n1. The summed E-state index contributed by atoms with van der Waals surface area (Å²) >= 11 is 0. The summed E-state index contributed by atoms with van der Waals surface area (Å²) < 4.78 is 13.6. The Labute approximate surface area is 149 Å². The van der Waals surface area contributed by atoms with Gasteiger partial charge in [0.1, 0.15) is 17.6 Å². The van der Waals surface area contributed by atoms with Gasteiger partial charge in [0.2, 0.25) is 5.95 Å². The summed E-state index contributed by atoms with van der Waals surface area (Å²) in [6, 6.07) is 16.5. The Morgan fingerprint density at radius 2 is 1.88 bits per heavy atom. The molecule has 0 atom stereocenters. The van der Waals surface area contributed by atoms with Crippen LogP contribution in [0.4, 0.5) is 16.0 Å². The molecule has 0 saturated heterocycles. The second-order valence-electron chi connectivity index (χ2n) is 5.32. The number of nitrogens with one attached hydrogen (secondary N) is 2. The van der Waals surface area contributed by atoms with Crippen LogP contribution in [0.25, 0.3) is 0 Å². The number of halogens is 1. The van der Waals surface area contributed by atoms with Crippen molar-refractivity contribution in [2.75, 3.05) is 10.6 Å². The molecule has 0 unspecified atom stereocenters. The van der Waals surface area contributed by atoms with Gasteiger partial charge in [-0.25, -0.2) is 14.4 Å². The smallest absolute Gasteiger partial charge is 0.274 e. The highest BCUT2D eigenvalue weighted by Gasteiger charge is 2.11. The third kappa shape index (κ3) is 3.99. The molecular formula is C19H14FN5O. The zero-order valence-electron chi connectivity index (χ0n) is 13.6. The predicted octanol–water partition coefficient (Wildman–Crippen LogP) is 3.35. The van der Waals surface area contributed by atoms with Crippen molar-refractivity contribution in [1.82, 2.24) is 9.97 Å². The fourth-order valence-electron chi connectivity index (χ4n) is 2.26. The van der Waals surface area contributed by atoms with E-state index in [9.17, 15) is 9.18 Å². The van der Waals surface area contributed by atoms with Crippen LogP contribution in [0.15, 0.2) is 60.8 Å². The minimum Gasteiger partial charge on any atom is -0.350 e. The number of para-hydroxylation sites is 1. The largest absolute Gasteiger partial charge is 0.350 e. The van der Waals surface area contributed by atoms with Crippen molar-refractivity contribution >= 4 is 17.5 Å². The molecule has 0 saturated carbocycles. The molecule has 0 aliphatic heterocycles. The second-order valence-corrected chi connectivity index (χ2v) is 5.32. The summed E-state index contributed by atoms with van der Waals surface area (Å²) in [7, 11) is 0. The van der Waals surface area contributed by atoms with Crippen LogP contribution in [0.1, 0.15) is 21.6 Å². The maximum absolute atomic E-state index is 13.6. The summed E-state index contributed by atoms with van der Waals surface area (Å²) in [4.78, 5) is 20.5. The number of aromatic nitrogens is 2. The molecular weight excluding hydrogens is 333 g/mol. The van der Waals surface area contributed by atoms with Gasteiger partial charge in [-0.3, -0.25) is 4.79 Å². The first-order valence-corrected chi connectivity index (χ1v) is 7.78. The monoisotopic (exact) mass is 347 g/mol. The van der Waals surface area contributed by atoms with Gasteiger partial charge in [-0.1, -0.05) is 30.3 Å². The molecule has 3 aromatic rings. The number of hydrogen-bond acceptors (Lipinski definition) is 5. The summed E-state index contributed by atoms with van der Waals surface area (Å²) in [5.74, 6) is -0.597. The van der Waals surface area contributed by atoms with E-state index >= 15 is 0 Å². The summed E-state index contributed by atoms with van der Waals surface area (Å²) in [6.07, 6.45) is 1.43. The molecule has 1 heterocycles. The Kier molecular flexibility index (Phi) is 5.15. The van der Waals surface area contributed by atoms with E-state index in [4.69, 9.17) is 5.26 Å². The average Bonchev–Trinajstić information content (AvgIpc) is 2.68. The predicted molar refractivity (Wildman–Crippen MR) is 94.9 cm³/mol. The van der Waals surface area contributed by atoms with E-state index in [0.717, 1.165) is 0 Å². The van der Waals surface area contributed by atoms with Crippen molar-refractivity contribution in [3.8, 4) is 6.07 Å². The molecule has 7 heteroatoms. The fourth-order valence-corrected chi connectivity index (χ4v) is 2.26. The Bertz CT molecular complexity index is 983. The number of rotatable bonds is 5. The highest BCUT2D eigenvalue weighted by molar-refractivity contribution is 6.03. The molecule has 0 aliphatic carbocycles. The van der Waals surface area contributed by atoms with Crippen LogP contribution in [0.3, 0.4) is 0 Å². The molecule has 0 spiro atoms. The first-order chi connectivity index (χ1) is 12.7. The maximum Gasteiger partial charge on any atom is 0.274 e. The Morgan fingerprint density at radius 1 is 1.12 bits per heavy atom. The topological polar surface area (TPSA) is 90.7 Å². The minimum atomic E-state index is -0.468. The van der Waals surface area contributed by atoms with Gasteiger partial charge in [0.05, 0.1) is 11.3 Å². The Hall–Kier alpha value is -3.79. The maximum atomic E-state index is 13.6. The fraction of sp³-hybridized carbons (Fsp3) is 0.0526. The molecule has 0 fully saturated rings. The van der Waals surface area contributed by atoms with Crippen molar-refractivity contribution in [3.63, 3.8) is 0 Å². The number of amides is 1. The molecule has 3 rings (SSSR count). The average molecular weight is 347 g/mol. The Morgan fingerprint density at radius 3 is 2.69 bits per heavy atom. The summed E-state index contributed by atoms with van der Waals surface area (Å²) in [6.45, 7) is 0.189. The van der Waals surface area contributed by atoms with Crippen molar-refractivity contribution in [1.29, 1.82) is 5.26 Å². The van der Waals surface area contributed by atoms with Crippen LogP contribution in [0, 0.1) is 17.1 Å². The molecule has 0 bridgehead atoms. The molecule has 0 aliphatic rings. The van der Waals surface area contributed by atoms with Gasteiger partial charge in [0, 0.05) is 18.3 Å². The van der Waals surface area contributed by atoms with E-state index in [1.807, 2.05) is 6.07 Å². The normalized spacial score (nSPS) is 10.0. The zero-order chi connectivity index (χ0) is 18.4. The molecule has 2 aromatic carbocycles. The third-order valence-corrected chi connectivity index (χ3v) is 3.58. The quantitative estimate of drug-likeness (QED) is 0.738. The van der Waals surface area contributed by atoms with Crippen LogP contribution >= 0.6 is 0 Å². The van der Waals surface area contributed by atoms with Crippen LogP contribution in [0.5, 0.6) is 0 Å². The van der Waals surface area contributed by atoms with Gasteiger partial charge in [-0.15, -0.1) is 0 Å². The molecule has 0 radical (unpaired) electrons. The Balaban J connectivity index is 1.71. The molecule has 26 heavy (non-hydrogen) atoms. The highest BCUT2D eigenvalue weighted by atomic mass is 19.1. The summed E-state index contributed by atoms with van der Waals surface area (Å²) in [5.41, 5.74) is 1.35. The number of nitrogens with zero attached hydrogens (tertiary/aromatic N) is 3. The van der Waals surface area contributed by atoms with Gasteiger partial charge in [0.25, 0.3) is 5.91 Å². The van der Waals surface area contributed by atoms with E-state index < -0.39 is 5.91 Å². The van der Waals surface area contributed by atoms with Crippen LogP contribution in [0.2, 0.25) is 0 Å². The number of carbonyl (C=O) groups is 1. The van der Waals surface area contributed by atoms with Gasteiger partial charge >= 0.3 is 0 Å². The minimum absolute atomic E-state index is 0.128. The van der Waals surface area contributed by atoms with E-state index in [-0.39, 0.29) is 24.0 Å². The first kappa shape index (κ1) is 17.0. The summed E-state index contributed by atoms with van der Waals surface area (Å²) in [5, 5.41) is 14.6. The number of nitriles is 1. The number of anilines is 2. The van der Waals surface area contributed by atoms with Crippen molar-refractivity contribution < 1.29 is 9.18 Å². The molecule has 6 nitrogen and oxygen atoms in total. The number of carbonyl (C=O) groups excluding carboxylic acids is 1. The molecule has 1 aromatic heterocycles. The van der Waals surface area contributed by atoms with E-state index in [1.54, 1.807) is 42.5 Å². The van der Waals surface area contributed by atoms with E-state index in [1.165, 1.54) is 18.3 Å². The van der Waals surface area contributed by atoms with Gasteiger partial charge in [-0.05, 0) is 24.3 Å². The van der Waals surface area contributed by atoms with Crippen LogP contribution in [-0.4, -0.2) is 15.9 Å². The molecule has 128 valence electrons. The van der Waals surface area contributed by atoms with Gasteiger partial charge < -0.3 is 10.6 Å². The highest BCUT2D eigenvalue weighted by Crippen LogP contribution is 2.15. The second kappa shape index (κ2) is 7.85. The van der Waals surface area contributed by atoms with Crippen LogP contribution < -0.4 is 10.6 Å². The van der Waals surface area contributed by atoms with E-state index in [0.29, 0.717) is 16.8 Å². The molecule has 1 amide bonds. The van der Waals surface area contributed by atoms with Crippen molar-refractivity contribution in [2.24, 2.45) is 0 Å². The third-order valence-electron chi connectivity index (χ3n) is 3.58. The number of hydrogen-bond donors (Lipinski definition) is 2. The lowest BCUT2D eigenvalue weighted by molar-refractivity contribution is 0.102.